The number of hydrogen-bond donors (Lipinski definition) is 1. The van der Waals surface area contributed by atoms with Crippen LogP contribution in [-0.2, 0) is 6.54 Å². The molecule has 0 radical (unpaired) electrons. The van der Waals surface area contributed by atoms with Crippen LogP contribution in [0.4, 0.5) is 5.69 Å². The van der Waals surface area contributed by atoms with Gasteiger partial charge in [-0.25, -0.2) is 4.57 Å². The molecule has 0 saturated carbocycles. The summed E-state index contributed by atoms with van der Waals surface area (Å²) in [5.74, 6) is 0.678. The standard InChI is InChI=1S/C25H22N2O2.BrH/c1-18-5-3-4-6-22(18)17-27-13-11-23(12-14-27)26-25(28)21-8-7-20-16-24(29-2)10-9-19(20)15-21;/h3-16H,17H2,1-2H3;1H. The van der Waals surface area contributed by atoms with E-state index in [2.05, 4.69) is 35.0 Å². The van der Waals surface area contributed by atoms with Gasteiger partial charge >= 0.3 is 0 Å². The van der Waals surface area contributed by atoms with Gasteiger partial charge < -0.3 is 27.0 Å². The second-order valence-electron chi connectivity index (χ2n) is 7.07. The van der Waals surface area contributed by atoms with Gasteiger partial charge in [0, 0.05) is 23.3 Å². The van der Waals surface area contributed by atoms with Gasteiger partial charge in [0.25, 0.3) is 5.91 Å². The first-order valence-electron chi connectivity index (χ1n) is 9.55. The van der Waals surface area contributed by atoms with Crippen LogP contribution < -0.4 is 31.6 Å². The fraction of sp³-hybridized carbons (Fsp3) is 0.120. The van der Waals surface area contributed by atoms with E-state index in [9.17, 15) is 4.79 Å². The van der Waals surface area contributed by atoms with Gasteiger partial charge in [0.2, 0.25) is 0 Å². The first kappa shape index (κ1) is 21.5. The average molecular weight is 463 g/mol. The van der Waals surface area contributed by atoms with Crippen LogP contribution in [0.2, 0.25) is 0 Å². The molecule has 3 aromatic carbocycles. The van der Waals surface area contributed by atoms with Crippen LogP contribution in [0.25, 0.3) is 10.8 Å². The lowest BCUT2D eigenvalue weighted by Gasteiger charge is -2.07. The van der Waals surface area contributed by atoms with E-state index in [1.165, 1.54) is 11.1 Å². The highest BCUT2D eigenvalue weighted by Gasteiger charge is 2.10. The Morgan fingerprint density at radius 1 is 0.933 bits per heavy atom. The molecule has 0 aliphatic rings. The predicted octanol–water partition coefficient (Wildman–Crippen LogP) is 1.75. The molecule has 0 aliphatic heterocycles. The molecule has 0 saturated heterocycles. The molecule has 0 fully saturated rings. The molecule has 1 N–H and O–H groups in total. The highest BCUT2D eigenvalue weighted by atomic mass is 79.9. The van der Waals surface area contributed by atoms with Gasteiger partial charge in [-0.1, -0.05) is 36.4 Å². The van der Waals surface area contributed by atoms with E-state index in [4.69, 9.17) is 4.74 Å². The summed E-state index contributed by atoms with van der Waals surface area (Å²) in [5.41, 5.74) is 3.94. The van der Waals surface area contributed by atoms with Gasteiger partial charge in [-0.15, -0.1) is 0 Å². The van der Waals surface area contributed by atoms with Crippen LogP contribution in [-0.4, -0.2) is 13.0 Å². The minimum Gasteiger partial charge on any atom is -1.00 e. The van der Waals surface area contributed by atoms with Gasteiger partial charge in [0.05, 0.1) is 12.8 Å². The highest BCUT2D eigenvalue weighted by molar-refractivity contribution is 6.06. The number of carbonyl (C=O) groups excluding carboxylic acids is 1. The lowest BCUT2D eigenvalue weighted by atomic mass is 10.1. The van der Waals surface area contributed by atoms with E-state index in [1.807, 2.05) is 67.0 Å². The van der Waals surface area contributed by atoms with Crippen LogP contribution >= 0.6 is 0 Å². The predicted molar refractivity (Wildman–Crippen MR) is 115 cm³/mol. The Labute approximate surface area is 186 Å². The normalized spacial score (nSPS) is 10.3. The van der Waals surface area contributed by atoms with E-state index >= 15 is 0 Å². The molecule has 0 aliphatic carbocycles. The highest BCUT2D eigenvalue weighted by Crippen LogP contribution is 2.22. The first-order valence-corrected chi connectivity index (χ1v) is 9.55. The Bertz CT molecular complexity index is 1170. The van der Waals surface area contributed by atoms with Crippen LogP contribution in [0, 0.1) is 6.92 Å². The van der Waals surface area contributed by atoms with Crippen molar-refractivity contribution in [2.24, 2.45) is 0 Å². The van der Waals surface area contributed by atoms with Crippen molar-refractivity contribution in [3.05, 3.63) is 102 Å². The van der Waals surface area contributed by atoms with Crippen molar-refractivity contribution in [1.29, 1.82) is 0 Å². The molecule has 4 rings (SSSR count). The van der Waals surface area contributed by atoms with Crippen LogP contribution in [0.5, 0.6) is 5.75 Å². The molecule has 152 valence electrons. The number of hydrogen-bond acceptors (Lipinski definition) is 2. The number of aromatic nitrogens is 1. The first-order chi connectivity index (χ1) is 14.1. The monoisotopic (exact) mass is 462 g/mol. The van der Waals surface area contributed by atoms with Crippen molar-refractivity contribution in [3.8, 4) is 5.75 Å². The average Bonchev–Trinajstić information content (AvgIpc) is 2.76. The smallest absolute Gasteiger partial charge is 0.255 e. The number of anilines is 1. The van der Waals surface area contributed by atoms with Gasteiger partial charge in [0.15, 0.2) is 18.9 Å². The van der Waals surface area contributed by atoms with Crippen LogP contribution in [0.15, 0.2) is 85.2 Å². The number of nitrogens with one attached hydrogen (secondary N) is 1. The molecular weight excluding hydrogens is 440 g/mol. The molecule has 4 aromatic rings. The van der Waals surface area contributed by atoms with Gasteiger partial charge in [-0.05, 0) is 47.5 Å². The van der Waals surface area contributed by atoms with Crippen molar-refractivity contribution in [2.75, 3.05) is 12.4 Å². The second kappa shape index (κ2) is 9.55. The number of benzene rings is 3. The van der Waals surface area contributed by atoms with Crippen LogP contribution in [0.1, 0.15) is 21.5 Å². The Kier molecular flexibility index (Phi) is 6.85. The molecule has 1 amide bonds. The number of nitrogens with zero attached hydrogens (tertiary/aromatic N) is 1. The summed E-state index contributed by atoms with van der Waals surface area (Å²) in [6, 6.07) is 23.7. The summed E-state index contributed by atoms with van der Waals surface area (Å²) in [6.07, 6.45) is 3.96. The molecule has 5 heteroatoms. The third-order valence-electron chi connectivity index (χ3n) is 5.07. The van der Waals surface area contributed by atoms with Crippen molar-refractivity contribution in [2.45, 2.75) is 13.5 Å². The van der Waals surface area contributed by atoms with E-state index < -0.39 is 0 Å². The maximum absolute atomic E-state index is 12.7. The van der Waals surface area contributed by atoms with E-state index in [-0.39, 0.29) is 22.9 Å². The SMILES string of the molecule is COc1ccc2cc(C(=O)Nc3cc[n+](Cc4ccccc4C)cc3)ccc2c1.[Br-]. The lowest BCUT2D eigenvalue weighted by Crippen LogP contribution is -3.00. The van der Waals surface area contributed by atoms with E-state index in [0.717, 1.165) is 28.8 Å². The number of pyridine rings is 1. The number of ether oxygens (including phenoxy) is 1. The third kappa shape index (κ3) is 4.86. The number of halogens is 1. The summed E-state index contributed by atoms with van der Waals surface area (Å²) in [7, 11) is 1.65. The number of methoxy groups -OCH3 is 1. The summed E-state index contributed by atoms with van der Waals surface area (Å²) in [6.45, 7) is 2.92. The zero-order valence-electron chi connectivity index (χ0n) is 16.9. The summed E-state index contributed by atoms with van der Waals surface area (Å²) in [4.78, 5) is 12.7. The molecule has 1 aromatic heterocycles. The summed E-state index contributed by atoms with van der Waals surface area (Å²) < 4.78 is 7.35. The van der Waals surface area contributed by atoms with Crippen molar-refractivity contribution < 1.29 is 31.1 Å². The number of rotatable bonds is 5. The van der Waals surface area contributed by atoms with Crippen molar-refractivity contribution in [1.82, 2.24) is 0 Å². The third-order valence-corrected chi connectivity index (χ3v) is 5.07. The number of fused-ring (bicyclic) bond motifs is 1. The maximum Gasteiger partial charge on any atom is 0.255 e. The lowest BCUT2D eigenvalue weighted by molar-refractivity contribution is -0.688. The number of amides is 1. The molecule has 0 spiro atoms. The van der Waals surface area contributed by atoms with Gasteiger partial charge in [-0.3, -0.25) is 4.79 Å². The molecule has 4 nitrogen and oxygen atoms in total. The molecule has 0 bridgehead atoms. The quantitative estimate of drug-likeness (QED) is 0.459. The molecule has 0 unspecified atom stereocenters. The summed E-state index contributed by atoms with van der Waals surface area (Å²) >= 11 is 0. The fourth-order valence-electron chi connectivity index (χ4n) is 3.33. The van der Waals surface area contributed by atoms with Gasteiger partial charge in [-0.2, -0.15) is 0 Å². The summed E-state index contributed by atoms with van der Waals surface area (Å²) in [5, 5.41) is 5.01. The van der Waals surface area contributed by atoms with Crippen molar-refractivity contribution >= 4 is 22.4 Å². The Morgan fingerprint density at radius 3 is 2.37 bits per heavy atom. The zero-order valence-corrected chi connectivity index (χ0v) is 18.5. The number of aryl methyl sites for hydroxylation is 1. The Balaban J connectivity index is 0.00000256. The zero-order chi connectivity index (χ0) is 20.2. The Morgan fingerprint density at radius 2 is 1.63 bits per heavy atom. The van der Waals surface area contributed by atoms with Gasteiger partial charge in [0.1, 0.15) is 5.75 Å². The minimum atomic E-state index is -0.126. The molecular formula is C25H23BrN2O2. The maximum atomic E-state index is 12.7. The Hall–Kier alpha value is -3.18. The fourth-order valence-corrected chi connectivity index (χ4v) is 3.33. The minimum absolute atomic E-state index is 0. The largest absolute Gasteiger partial charge is 1.00 e. The van der Waals surface area contributed by atoms with Crippen LogP contribution in [0.3, 0.4) is 0 Å². The van der Waals surface area contributed by atoms with E-state index in [0.29, 0.717) is 5.56 Å². The number of carbonyl (C=O) groups is 1. The molecule has 30 heavy (non-hydrogen) atoms. The second-order valence-corrected chi connectivity index (χ2v) is 7.07. The van der Waals surface area contributed by atoms with Crippen molar-refractivity contribution in [3.63, 3.8) is 0 Å². The molecule has 0 atom stereocenters. The topological polar surface area (TPSA) is 42.2 Å². The van der Waals surface area contributed by atoms with E-state index in [1.54, 1.807) is 7.11 Å². The molecule has 1 heterocycles.